The Bertz CT molecular complexity index is 760. The van der Waals surface area contributed by atoms with E-state index in [0.717, 1.165) is 28.8 Å². The van der Waals surface area contributed by atoms with E-state index in [4.69, 9.17) is 5.73 Å². The summed E-state index contributed by atoms with van der Waals surface area (Å²) in [5.41, 5.74) is 11.0. The zero-order valence-electron chi connectivity index (χ0n) is 11.7. The first-order valence-electron chi connectivity index (χ1n) is 6.70. The Hall–Kier alpha value is -2.43. The van der Waals surface area contributed by atoms with Crippen molar-refractivity contribution in [2.24, 2.45) is 0 Å². The van der Waals surface area contributed by atoms with Crippen molar-refractivity contribution in [1.29, 1.82) is 0 Å². The molecule has 0 aromatic carbocycles. The van der Waals surface area contributed by atoms with E-state index < -0.39 is 0 Å². The summed E-state index contributed by atoms with van der Waals surface area (Å²) in [7, 11) is 0. The van der Waals surface area contributed by atoms with Gasteiger partial charge < -0.3 is 5.73 Å². The maximum atomic E-state index is 6.05. The molecule has 0 bridgehead atoms. The van der Waals surface area contributed by atoms with E-state index in [0.29, 0.717) is 12.5 Å². The van der Waals surface area contributed by atoms with E-state index in [1.807, 2.05) is 29.8 Å². The SMILES string of the molecule is CCc1cccnc1Cn1c(N)nc2c(C)ccnc21. The van der Waals surface area contributed by atoms with Crippen LogP contribution in [0.25, 0.3) is 11.2 Å². The molecule has 0 spiro atoms. The third-order valence-electron chi connectivity index (χ3n) is 3.54. The van der Waals surface area contributed by atoms with Crippen molar-refractivity contribution >= 4 is 17.1 Å². The Morgan fingerprint density at radius 2 is 2.05 bits per heavy atom. The monoisotopic (exact) mass is 267 g/mol. The summed E-state index contributed by atoms with van der Waals surface area (Å²) in [6, 6.07) is 5.99. The van der Waals surface area contributed by atoms with Crippen LogP contribution in [0.3, 0.4) is 0 Å². The molecule has 0 atom stereocenters. The van der Waals surface area contributed by atoms with Gasteiger partial charge in [-0.25, -0.2) is 9.97 Å². The van der Waals surface area contributed by atoms with Gasteiger partial charge in [0.2, 0.25) is 5.95 Å². The van der Waals surface area contributed by atoms with Crippen molar-refractivity contribution in [2.45, 2.75) is 26.8 Å². The average Bonchev–Trinajstić information content (AvgIpc) is 2.78. The van der Waals surface area contributed by atoms with Gasteiger partial charge in [0.25, 0.3) is 0 Å². The smallest absolute Gasteiger partial charge is 0.202 e. The lowest BCUT2D eigenvalue weighted by atomic mass is 10.1. The number of hydrogen-bond donors (Lipinski definition) is 1. The van der Waals surface area contributed by atoms with Crippen LogP contribution in [0.5, 0.6) is 0 Å². The number of fused-ring (bicyclic) bond motifs is 1. The number of nitrogens with two attached hydrogens (primary N) is 1. The number of nitrogen functional groups attached to an aromatic ring is 1. The van der Waals surface area contributed by atoms with Crippen LogP contribution in [-0.2, 0) is 13.0 Å². The molecule has 0 fully saturated rings. The molecule has 0 aliphatic carbocycles. The second-order valence-corrected chi connectivity index (χ2v) is 4.82. The molecule has 3 heterocycles. The zero-order chi connectivity index (χ0) is 14.1. The Kier molecular flexibility index (Phi) is 3.10. The van der Waals surface area contributed by atoms with Gasteiger partial charge >= 0.3 is 0 Å². The van der Waals surface area contributed by atoms with Crippen molar-refractivity contribution in [2.75, 3.05) is 5.73 Å². The Morgan fingerprint density at radius 1 is 1.20 bits per heavy atom. The molecule has 3 aromatic rings. The van der Waals surface area contributed by atoms with Gasteiger partial charge in [0.05, 0.1) is 12.2 Å². The molecular formula is C15H17N5. The minimum absolute atomic E-state index is 0.481. The van der Waals surface area contributed by atoms with Crippen LogP contribution in [0.2, 0.25) is 0 Å². The first-order valence-corrected chi connectivity index (χ1v) is 6.70. The minimum Gasteiger partial charge on any atom is -0.369 e. The highest BCUT2D eigenvalue weighted by molar-refractivity contribution is 5.77. The molecule has 0 aliphatic rings. The van der Waals surface area contributed by atoms with Gasteiger partial charge in [-0.3, -0.25) is 9.55 Å². The molecule has 5 heteroatoms. The van der Waals surface area contributed by atoms with Crippen LogP contribution < -0.4 is 5.73 Å². The second-order valence-electron chi connectivity index (χ2n) is 4.82. The Labute approximate surface area is 117 Å². The van der Waals surface area contributed by atoms with E-state index in [2.05, 4.69) is 27.9 Å². The number of aryl methyl sites for hydroxylation is 2. The lowest BCUT2D eigenvalue weighted by molar-refractivity contribution is 0.785. The average molecular weight is 267 g/mol. The lowest BCUT2D eigenvalue weighted by Crippen LogP contribution is -2.08. The molecular weight excluding hydrogens is 250 g/mol. The van der Waals surface area contributed by atoms with Crippen LogP contribution in [-0.4, -0.2) is 19.5 Å². The molecule has 102 valence electrons. The number of aromatic nitrogens is 4. The van der Waals surface area contributed by atoms with Crippen LogP contribution in [0, 0.1) is 6.92 Å². The van der Waals surface area contributed by atoms with Crippen molar-refractivity contribution in [1.82, 2.24) is 19.5 Å². The van der Waals surface area contributed by atoms with Crippen molar-refractivity contribution in [3.63, 3.8) is 0 Å². The summed E-state index contributed by atoms with van der Waals surface area (Å²) in [5, 5.41) is 0. The van der Waals surface area contributed by atoms with Gasteiger partial charge in [-0.2, -0.15) is 0 Å². The summed E-state index contributed by atoms with van der Waals surface area (Å²) in [5.74, 6) is 0.481. The number of rotatable bonds is 3. The van der Waals surface area contributed by atoms with Crippen LogP contribution in [0.4, 0.5) is 5.95 Å². The standard InChI is InChI=1S/C15H17N5/c1-3-11-5-4-7-17-12(11)9-20-14-13(19-15(20)16)10(2)6-8-18-14/h4-8H,3,9H2,1-2H3,(H2,16,19). The van der Waals surface area contributed by atoms with E-state index in [1.54, 1.807) is 6.20 Å². The maximum Gasteiger partial charge on any atom is 0.202 e. The van der Waals surface area contributed by atoms with Crippen LogP contribution >= 0.6 is 0 Å². The normalized spacial score (nSPS) is 11.1. The highest BCUT2D eigenvalue weighted by Crippen LogP contribution is 2.20. The van der Waals surface area contributed by atoms with Crippen LogP contribution in [0.15, 0.2) is 30.6 Å². The molecule has 3 aromatic heterocycles. The summed E-state index contributed by atoms with van der Waals surface area (Å²) < 4.78 is 1.92. The minimum atomic E-state index is 0.481. The summed E-state index contributed by atoms with van der Waals surface area (Å²) >= 11 is 0. The van der Waals surface area contributed by atoms with Gasteiger partial charge in [-0.1, -0.05) is 13.0 Å². The Morgan fingerprint density at radius 3 is 2.85 bits per heavy atom. The second kappa shape index (κ2) is 4.92. The van der Waals surface area contributed by atoms with E-state index >= 15 is 0 Å². The third-order valence-corrected chi connectivity index (χ3v) is 3.54. The summed E-state index contributed by atoms with van der Waals surface area (Å²) in [4.78, 5) is 13.3. The molecule has 3 rings (SSSR count). The first-order chi connectivity index (χ1) is 9.70. The number of anilines is 1. The summed E-state index contributed by atoms with van der Waals surface area (Å²) in [6.45, 7) is 4.74. The van der Waals surface area contributed by atoms with Crippen LogP contribution in [0.1, 0.15) is 23.7 Å². The van der Waals surface area contributed by atoms with Gasteiger partial charge in [-0.15, -0.1) is 0 Å². The molecule has 0 aliphatic heterocycles. The van der Waals surface area contributed by atoms with Crippen molar-refractivity contribution in [3.8, 4) is 0 Å². The predicted molar refractivity (Wildman–Crippen MR) is 79.4 cm³/mol. The topological polar surface area (TPSA) is 69.6 Å². The molecule has 0 radical (unpaired) electrons. The van der Waals surface area contributed by atoms with Crippen molar-refractivity contribution in [3.05, 3.63) is 47.4 Å². The number of pyridine rings is 2. The molecule has 0 saturated heterocycles. The molecule has 5 nitrogen and oxygen atoms in total. The summed E-state index contributed by atoms with van der Waals surface area (Å²) in [6.07, 6.45) is 4.54. The fraction of sp³-hybridized carbons (Fsp3) is 0.267. The quantitative estimate of drug-likeness (QED) is 0.790. The van der Waals surface area contributed by atoms with Gasteiger partial charge in [-0.05, 0) is 36.6 Å². The van der Waals surface area contributed by atoms with E-state index in [9.17, 15) is 0 Å². The number of hydrogen-bond acceptors (Lipinski definition) is 4. The molecule has 0 amide bonds. The molecule has 0 unspecified atom stereocenters. The predicted octanol–water partition coefficient (Wildman–Crippen LogP) is 2.33. The first kappa shape index (κ1) is 12.6. The molecule has 0 saturated carbocycles. The van der Waals surface area contributed by atoms with Gasteiger partial charge in [0.15, 0.2) is 5.65 Å². The fourth-order valence-corrected chi connectivity index (χ4v) is 2.40. The third kappa shape index (κ3) is 2.01. The molecule has 20 heavy (non-hydrogen) atoms. The zero-order valence-corrected chi connectivity index (χ0v) is 11.7. The highest BCUT2D eigenvalue weighted by Gasteiger charge is 2.13. The maximum absolute atomic E-state index is 6.05. The number of nitrogens with zero attached hydrogens (tertiary/aromatic N) is 4. The highest BCUT2D eigenvalue weighted by atomic mass is 15.2. The number of imidazole rings is 1. The Balaban J connectivity index is 2.11. The molecule has 2 N–H and O–H groups in total. The van der Waals surface area contributed by atoms with Gasteiger partial charge in [0.1, 0.15) is 5.52 Å². The lowest BCUT2D eigenvalue weighted by Gasteiger charge is -2.09. The fourth-order valence-electron chi connectivity index (χ4n) is 2.40. The van der Waals surface area contributed by atoms with E-state index in [1.165, 1.54) is 5.56 Å². The largest absolute Gasteiger partial charge is 0.369 e. The van der Waals surface area contributed by atoms with Crippen molar-refractivity contribution < 1.29 is 0 Å². The van der Waals surface area contributed by atoms with Gasteiger partial charge in [0, 0.05) is 12.4 Å². The van der Waals surface area contributed by atoms with E-state index in [-0.39, 0.29) is 0 Å².